The number of amides is 1. The average Bonchev–Trinajstić information content (AvgIpc) is 2.90. The molecule has 0 aliphatic carbocycles. The average molecular weight is 245 g/mol. The molecule has 0 spiro atoms. The number of hydrogen-bond donors (Lipinski definition) is 1. The number of rotatable bonds is 4. The van der Waals surface area contributed by atoms with Crippen LogP contribution in [0.5, 0.6) is 0 Å². The van der Waals surface area contributed by atoms with Crippen LogP contribution in [0.3, 0.4) is 0 Å². The highest BCUT2D eigenvalue weighted by Crippen LogP contribution is 2.25. The molecule has 0 bridgehead atoms. The van der Waals surface area contributed by atoms with E-state index in [0.29, 0.717) is 0 Å². The Labute approximate surface area is 105 Å². The Morgan fingerprint density at radius 1 is 1.29 bits per heavy atom. The van der Waals surface area contributed by atoms with Crippen LogP contribution < -0.4 is 5.32 Å². The van der Waals surface area contributed by atoms with E-state index in [1.165, 1.54) is 4.88 Å². The molecule has 1 heterocycles. The number of carbonyl (C=O) groups is 1. The molecule has 0 radical (unpaired) electrons. The quantitative estimate of drug-likeness (QED) is 0.876. The Morgan fingerprint density at radius 3 is 2.88 bits per heavy atom. The molecule has 17 heavy (non-hydrogen) atoms. The third-order valence-corrected chi connectivity index (χ3v) is 3.38. The van der Waals surface area contributed by atoms with Crippen LogP contribution in [-0.2, 0) is 0 Å². The zero-order valence-corrected chi connectivity index (χ0v) is 10.6. The molecule has 2 rings (SSSR count). The number of hydrogen-bond acceptors (Lipinski definition) is 2. The number of benzene rings is 1. The van der Waals surface area contributed by atoms with E-state index in [0.717, 1.165) is 24.1 Å². The van der Waals surface area contributed by atoms with E-state index < -0.39 is 0 Å². The maximum absolute atomic E-state index is 11.8. The first kappa shape index (κ1) is 11.9. The second kappa shape index (κ2) is 5.64. The molecule has 0 saturated heterocycles. The molecule has 1 amide bonds. The van der Waals surface area contributed by atoms with E-state index in [4.69, 9.17) is 0 Å². The highest BCUT2D eigenvalue weighted by molar-refractivity contribution is 7.13. The Kier molecular flexibility index (Phi) is 3.94. The van der Waals surface area contributed by atoms with Gasteiger partial charge in [-0.3, -0.25) is 4.79 Å². The lowest BCUT2D eigenvalue weighted by Crippen LogP contribution is -2.23. The Balaban J connectivity index is 2.20. The van der Waals surface area contributed by atoms with Crippen molar-refractivity contribution < 1.29 is 4.79 Å². The van der Waals surface area contributed by atoms with Gasteiger partial charge in [0.1, 0.15) is 0 Å². The summed E-state index contributed by atoms with van der Waals surface area (Å²) < 4.78 is 0. The van der Waals surface area contributed by atoms with Crippen LogP contribution in [-0.4, -0.2) is 12.5 Å². The van der Waals surface area contributed by atoms with Crippen molar-refractivity contribution in [1.29, 1.82) is 0 Å². The first-order valence-electron chi connectivity index (χ1n) is 5.73. The second-order valence-corrected chi connectivity index (χ2v) is 4.76. The van der Waals surface area contributed by atoms with Gasteiger partial charge in [-0.1, -0.05) is 25.1 Å². The Hall–Kier alpha value is -1.61. The number of thiophene rings is 1. The summed E-state index contributed by atoms with van der Waals surface area (Å²) in [6, 6.07) is 11.8. The molecule has 88 valence electrons. The minimum absolute atomic E-state index is 0.00487. The van der Waals surface area contributed by atoms with E-state index in [1.54, 1.807) is 11.3 Å². The van der Waals surface area contributed by atoms with Gasteiger partial charge in [-0.2, -0.15) is 0 Å². The van der Waals surface area contributed by atoms with Gasteiger partial charge in [0.2, 0.25) is 0 Å². The SMILES string of the molecule is CCCNC(=O)c1cccc(-c2cccs2)c1. The van der Waals surface area contributed by atoms with Gasteiger partial charge < -0.3 is 5.32 Å². The van der Waals surface area contributed by atoms with Crippen LogP contribution in [0.15, 0.2) is 41.8 Å². The summed E-state index contributed by atoms with van der Waals surface area (Å²) in [5.41, 5.74) is 1.83. The maximum atomic E-state index is 11.8. The van der Waals surface area contributed by atoms with E-state index in [1.807, 2.05) is 42.6 Å². The van der Waals surface area contributed by atoms with Crippen LogP contribution in [0.1, 0.15) is 23.7 Å². The monoisotopic (exact) mass is 245 g/mol. The fourth-order valence-corrected chi connectivity index (χ4v) is 2.32. The molecule has 0 unspecified atom stereocenters. The van der Waals surface area contributed by atoms with Gasteiger partial charge in [0.05, 0.1) is 0 Å². The fourth-order valence-electron chi connectivity index (χ4n) is 1.60. The lowest BCUT2D eigenvalue weighted by atomic mass is 10.1. The molecule has 0 atom stereocenters. The molecule has 0 fully saturated rings. The molecule has 2 nitrogen and oxygen atoms in total. The molecule has 2 aromatic rings. The second-order valence-electron chi connectivity index (χ2n) is 3.81. The highest BCUT2D eigenvalue weighted by atomic mass is 32.1. The van der Waals surface area contributed by atoms with E-state index in [2.05, 4.69) is 11.4 Å². The van der Waals surface area contributed by atoms with Crippen LogP contribution in [0.4, 0.5) is 0 Å². The van der Waals surface area contributed by atoms with Crippen molar-refractivity contribution in [2.45, 2.75) is 13.3 Å². The van der Waals surface area contributed by atoms with Crippen LogP contribution in [0, 0.1) is 0 Å². The summed E-state index contributed by atoms with van der Waals surface area (Å²) in [6.07, 6.45) is 0.955. The summed E-state index contributed by atoms with van der Waals surface area (Å²) >= 11 is 1.68. The largest absolute Gasteiger partial charge is 0.352 e. The highest BCUT2D eigenvalue weighted by Gasteiger charge is 2.06. The Morgan fingerprint density at radius 2 is 2.18 bits per heavy atom. The van der Waals surface area contributed by atoms with Crippen molar-refractivity contribution in [3.8, 4) is 10.4 Å². The topological polar surface area (TPSA) is 29.1 Å². The summed E-state index contributed by atoms with van der Waals surface area (Å²) in [4.78, 5) is 13.0. The summed E-state index contributed by atoms with van der Waals surface area (Å²) in [5, 5.41) is 4.93. The molecule has 0 aliphatic heterocycles. The van der Waals surface area contributed by atoms with Crippen LogP contribution >= 0.6 is 11.3 Å². The van der Waals surface area contributed by atoms with Gasteiger partial charge in [-0.05, 0) is 35.6 Å². The summed E-state index contributed by atoms with van der Waals surface area (Å²) in [7, 11) is 0. The van der Waals surface area contributed by atoms with Crippen molar-refractivity contribution >= 4 is 17.2 Å². The van der Waals surface area contributed by atoms with Crippen molar-refractivity contribution in [2.24, 2.45) is 0 Å². The third kappa shape index (κ3) is 2.94. The smallest absolute Gasteiger partial charge is 0.251 e. The zero-order valence-electron chi connectivity index (χ0n) is 9.77. The standard InChI is InChI=1S/C14H15NOS/c1-2-8-15-14(16)12-6-3-5-11(10-12)13-7-4-9-17-13/h3-7,9-10H,2,8H2,1H3,(H,15,16). The van der Waals surface area contributed by atoms with Gasteiger partial charge >= 0.3 is 0 Å². The van der Waals surface area contributed by atoms with Crippen molar-refractivity contribution in [2.75, 3.05) is 6.54 Å². The van der Waals surface area contributed by atoms with Gasteiger partial charge in [0, 0.05) is 17.0 Å². The van der Waals surface area contributed by atoms with E-state index in [-0.39, 0.29) is 5.91 Å². The molecule has 1 aromatic carbocycles. The molecule has 0 aliphatic rings. The van der Waals surface area contributed by atoms with Gasteiger partial charge in [-0.25, -0.2) is 0 Å². The summed E-state index contributed by atoms with van der Waals surface area (Å²) in [6.45, 7) is 2.77. The molecule has 3 heteroatoms. The van der Waals surface area contributed by atoms with Gasteiger partial charge in [0.25, 0.3) is 5.91 Å². The lowest BCUT2D eigenvalue weighted by Gasteiger charge is -2.05. The lowest BCUT2D eigenvalue weighted by molar-refractivity contribution is 0.0953. The van der Waals surface area contributed by atoms with Gasteiger partial charge in [0.15, 0.2) is 0 Å². The predicted octanol–water partition coefficient (Wildman–Crippen LogP) is 3.55. The molecular formula is C14H15NOS. The number of nitrogens with one attached hydrogen (secondary N) is 1. The molecule has 1 N–H and O–H groups in total. The van der Waals surface area contributed by atoms with Gasteiger partial charge in [-0.15, -0.1) is 11.3 Å². The van der Waals surface area contributed by atoms with E-state index in [9.17, 15) is 4.79 Å². The normalized spacial score (nSPS) is 10.2. The summed E-state index contributed by atoms with van der Waals surface area (Å²) in [5.74, 6) is 0.00487. The third-order valence-electron chi connectivity index (χ3n) is 2.47. The van der Waals surface area contributed by atoms with Crippen LogP contribution in [0.2, 0.25) is 0 Å². The first-order chi connectivity index (χ1) is 8.31. The van der Waals surface area contributed by atoms with Crippen molar-refractivity contribution in [1.82, 2.24) is 5.32 Å². The molecule has 0 saturated carbocycles. The molecule has 1 aromatic heterocycles. The fraction of sp³-hybridized carbons (Fsp3) is 0.214. The number of carbonyl (C=O) groups excluding carboxylic acids is 1. The van der Waals surface area contributed by atoms with Crippen molar-refractivity contribution in [3.05, 3.63) is 47.3 Å². The minimum atomic E-state index is 0.00487. The van der Waals surface area contributed by atoms with Crippen LogP contribution in [0.25, 0.3) is 10.4 Å². The minimum Gasteiger partial charge on any atom is -0.352 e. The maximum Gasteiger partial charge on any atom is 0.251 e. The van der Waals surface area contributed by atoms with Crippen molar-refractivity contribution in [3.63, 3.8) is 0 Å². The molecular weight excluding hydrogens is 230 g/mol. The van der Waals surface area contributed by atoms with E-state index >= 15 is 0 Å². The zero-order chi connectivity index (χ0) is 12.1. The first-order valence-corrected chi connectivity index (χ1v) is 6.61. The predicted molar refractivity (Wildman–Crippen MR) is 72.4 cm³/mol. The Bertz CT molecular complexity index is 491.